The molecule has 0 radical (unpaired) electrons. The van der Waals surface area contributed by atoms with E-state index in [-0.39, 0.29) is 5.78 Å². The highest BCUT2D eigenvalue weighted by Crippen LogP contribution is 2.23. The van der Waals surface area contributed by atoms with Gasteiger partial charge in [-0.05, 0) is 51.1 Å². The maximum Gasteiger partial charge on any atom is 0.178 e. The fourth-order valence-electron chi connectivity index (χ4n) is 4.15. The summed E-state index contributed by atoms with van der Waals surface area (Å²) in [5.74, 6) is 1.01. The van der Waals surface area contributed by atoms with Crippen molar-refractivity contribution in [2.24, 2.45) is 0 Å². The summed E-state index contributed by atoms with van der Waals surface area (Å²) >= 11 is 6.02. The summed E-state index contributed by atoms with van der Waals surface area (Å²) in [7, 11) is 0. The van der Waals surface area contributed by atoms with E-state index in [1.807, 2.05) is 57.2 Å². The molecule has 0 atom stereocenters. The van der Waals surface area contributed by atoms with E-state index in [0.29, 0.717) is 11.6 Å². The lowest BCUT2D eigenvalue weighted by Crippen LogP contribution is -2.47. The molecular weight excluding hydrogens is 400 g/mol. The van der Waals surface area contributed by atoms with Crippen LogP contribution in [0.15, 0.2) is 40.9 Å². The summed E-state index contributed by atoms with van der Waals surface area (Å²) in [4.78, 5) is 17.6. The zero-order valence-electron chi connectivity index (χ0n) is 17.7. The Morgan fingerprint density at radius 2 is 1.70 bits per heavy atom. The maximum atomic E-state index is 13.0. The van der Waals surface area contributed by atoms with Crippen LogP contribution < -0.4 is 0 Å². The molecule has 1 saturated heterocycles. The third-order valence-corrected chi connectivity index (χ3v) is 5.96. The van der Waals surface area contributed by atoms with Gasteiger partial charge in [0.1, 0.15) is 5.76 Å². The molecule has 0 amide bonds. The van der Waals surface area contributed by atoms with Gasteiger partial charge in [-0.1, -0.05) is 16.8 Å². The summed E-state index contributed by atoms with van der Waals surface area (Å²) in [6.45, 7) is 10.8. The van der Waals surface area contributed by atoms with E-state index in [2.05, 4.69) is 19.5 Å². The van der Waals surface area contributed by atoms with Gasteiger partial charge in [0.15, 0.2) is 5.78 Å². The van der Waals surface area contributed by atoms with E-state index in [1.165, 1.54) is 0 Å². The molecule has 0 unspecified atom stereocenters. The number of carbonyl (C=O) groups is 1. The van der Waals surface area contributed by atoms with E-state index in [4.69, 9.17) is 16.1 Å². The Balaban J connectivity index is 1.38. The molecule has 1 aromatic carbocycles. The predicted octanol–water partition coefficient (Wildman–Crippen LogP) is 4.04. The first-order valence-electron chi connectivity index (χ1n) is 10.3. The topological polar surface area (TPSA) is 54.5 Å². The first kappa shape index (κ1) is 20.8. The summed E-state index contributed by atoms with van der Waals surface area (Å²) in [5.41, 5.74) is 4.80. The lowest BCUT2D eigenvalue weighted by molar-refractivity contribution is 0.0840. The van der Waals surface area contributed by atoms with Crippen LogP contribution in [0.4, 0.5) is 0 Å². The highest BCUT2D eigenvalue weighted by molar-refractivity contribution is 6.30. The minimum absolute atomic E-state index is 0.170. The number of halogens is 1. The van der Waals surface area contributed by atoms with Crippen molar-refractivity contribution in [2.45, 2.75) is 27.3 Å². The van der Waals surface area contributed by atoms with Crippen molar-refractivity contribution < 1.29 is 9.32 Å². The van der Waals surface area contributed by atoms with Gasteiger partial charge in [-0.2, -0.15) is 0 Å². The number of carbonyl (C=O) groups excluding carboxylic acids is 1. The summed E-state index contributed by atoms with van der Waals surface area (Å²) in [6.07, 6.45) is 0. The van der Waals surface area contributed by atoms with Gasteiger partial charge in [0.2, 0.25) is 0 Å². The normalized spacial score (nSPS) is 15.6. The number of ketones is 1. The number of rotatable bonds is 6. The second-order valence-electron chi connectivity index (χ2n) is 8.00. The first-order valence-corrected chi connectivity index (χ1v) is 10.6. The fourth-order valence-corrected chi connectivity index (χ4v) is 4.27. The molecule has 158 valence electrons. The van der Waals surface area contributed by atoms with Gasteiger partial charge in [0, 0.05) is 66.5 Å². The third-order valence-electron chi connectivity index (χ3n) is 5.71. The van der Waals surface area contributed by atoms with Crippen LogP contribution in [0, 0.1) is 20.8 Å². The molecule has 0 bridgehead atoms. The Labute approximate surface area is 182 Å². The molecule has 3 aromatic rings. The Morgan fingerprint density at radius 3 is 2.33 bits per heavy atom. The van der Waals surface area contributed by atoms with E-state index in [1.54, 1.807) is 0 Å². The lowest BCUT2D eigenvalue weighted by Gasteiger charge is -2.33. The SMILES string of the molecule is Cc1cc(CN2CCN(CC(=O)c3cc(C)n(-c4ccc(Cl)cc4)c3C)CC2)no1. The Hall–Kier alpha value is -2.41. The highest BCUT2D eigenvalue weighted by Gasteiger charge is 2.23. The zero-order valence-corrected chi connectivity index (χ0v) is 18.4. The molecular formula is C23H27ClN4O2. The van der Waals surface area contributed by atoms with Gasteiger partial charge in [-0.15, -0.1) is 0 Å². The van der Waals surface area contributed by atoms with Gasteiger partial charge in [0.05, 0.1) is 12.2 Å². The monoisotopic (exact) mass is 426 g/mol. The molecule has 1 fully saturated rings. The van der Waals surface area contributed by atoms with Crippen LogP contribution in [0.25, 0.3) is 5.69 Å². The number of hydrogen-bond donors (Lipinski definition) is 0. The van der Waals surface area contributed by atoms with Crippen molar-refractivity contribution in [1.29, 1.82) is 0 Å². The molecule has 30 heavy (non-hydrogen) atoms. The molecule has 6 nitrogen and oxygen atoms in total. The molecule has 0 aliphatic carbocycles. The fraction of sp³-hybridized carbons (Fsp3) is 0.391. The first-order chi connectivity index (χ1) is 14.4. The van der Waals surface area contributed by atoms with Crippen molar-refractivity contribution in [1.82, 2.24) is 19.5 Å². The van der Waals surface area contributed by atoms with Crippen LogP contribution in [-0.4, -0.2) is 58.0 Å². The molecule has 0 N–H and O–H groups in total. The van der Waals surface area contributed by atoms with Crippen LogP contribution in [0.1, 0.15) is 33.2 Å². The van der Waals surface area contributed by atoms with Crippen LogP contribution in [0.2, 0.25) is 5.02 Å². The van der Waals surface area contributed by atoms with Gasteiger partial charge in [-0.3, -0.25) is 14.6 Å². The van der Waals surface area contributed by atoms with Crippen molar-refractivity contribution in [3.05, 3.63) is 69.8 Å². The van der Waals surface area contributed by atoms with Crippen LogP contribution >= 0.6 is 11.6 Å². The van der Waals surface area contributed by atoms with Crippen molar-refractivity contribution in [3.63, 3.8) is 0 Å². The molecule has 2 aromatic heterocycles. The molecule has 7 heteroatoms. The Morgan fingerprint density at radius 1 is 1.03 bits per heavy atom. The van der Waals surface area contributed by atoms with Crippen molar-refractivity contribution in [3.8, 4) is 5.69 Å². The predicted molar refractivity (Wildman–Crippen MR) is 118 cm³/mol. The summed E-state index contributed by atoms with van der Waals surface area (Å²) in [5, 5.41) is 4.78. The van der Waals surface area contributed by atoms with Gasteiger partial charge in [0.25, 0.3) is 0 Å². The second-order valence-corrected chi connectivity index (χ2v) is 8.44. The summed E-state index contributed by atoms with van der Waals surface area (Å²) < 4.78 is 7.26. The van der Waals surface area contributed by atoms with E-state index >= 15 is 0 Å². The van der Waals surface area contributed by atoms with Gasteiger partial charge >= 0.3 is 0 Å². The highest BCUT2D eigenvalue weighted by atomic mass is 35.5. The zero-order chi connectivity index (χ0) is 21.3. The van der Waals surface area contributed by atoms with Crippen LogP contribution in [0.3, 0.4) is 0 Å². The molecule has 4 rings (SSSR count). The minimum Gasteiger partial charge on any atom is -0.361 e. The van der Waals surface area contributed by atoms with Crippen molar-refractivity contribution >= 4 is 17.4 Å². The number of aryl methyl sites for hydroxylation is 2. The quantitative estimate of drug-likeness (QED) is 0.557. The molecule has 1 aliphatic heterocycles. The standard InChI is InChI=1S/C23H27ClN4O2/c1-16-12-22(18(3)28(16)21-6-4-19(24)5-7-21)23(29)15-27-10-8-26(9-11-27)14-20-13-17(2)30-25-20/h4-7,12-13H,8-11,14-15H2,1-3H3. The molecule has 3 heterocycles. The lowest BCUT2D eigenvalue weighted by atomic mass is 10.1. The number of Topliss-reactive ketones (excluding diaryl/α,β-unsaturated/α-hetero) is 1. The number of piperazine rings is 1. The Bertz CT molecular complexity index is 1030. The third kappa shape index (κ3) is 4.51. The minimum atomic E-state index is 0.170. The molecule has 1 aliphatic rings. The second kappa shape index (κ2) is 8.76. The molecule has 0 spiro atoms. The number of aromatic nitrogens is 2. The number of benzene rings is 1. The van der Waals surface area contributed by atoms with Crippen LogP contribution in [-0.2, 0) is 6.54 Å². The smallest absolute Gasteiger partial charge is 0.178 e. The Kier molecular flexibility index (Phi) is 6.09. The average Bonchev–Trinajstić information content (AvgIpc) is 3.26. The summed E-state index contributed by atoms with van der Waals surface area (Å²) in [6, 6.07) is 11.7. The van der Waals surface area contributed by atoms with Crippen LogP contribution in [0.5, 0.6) is 0 Å². The van der Waals surface area contributed by atoms with Crippen molar-refractivity contribution in [2.75, 3.05) is 32.7 Å². The van der Waals surface area contributed by atoms with E-state index in [9.17, 15) is 4.79 Å². The number of hydrogen-bond acceptors (Lipinski definition) is 5. The maximum absolute atomic E-state index is 13.0. The number of nitrogens with zero attached hydrogens (tertiary/aromatic N) is 4. The molecule has 0 saturated carbocycles. The van der Waals surface area contributed by atoms with Gasteiger partial charge in [-0.25, -0.2) is 0 Å². The average molecular weight is 427 g/mol. The van der Waals surface area contributed by atoms with E-state index in [0.717, 1.165) is 66.8 Å². The van der Waals surface area contributed by atoms with E-state index < -0.39 is 0 Å². The van der Waals surface area contributed by atoms with Gasteiger partial charge < -0.3 is 9.09 Å². The largest absolute Gasteiger partial charge is 0.361 e.